The molecule has 6 N–H and O–H groups in total. The van der Waals surface area contributed by atoms with Crippen LogP contribution in [-0.4, -0.2) is 92.8 Å². The molecule has 0 aromatic carbocycles. The van der Waals surface area contributed by atoms with Crippen molar-refractivity contribution in [2.24, 2.45) is 92.7 Å². The molecule has 0 amide bonds. The first-order chi connectivity index (χ1) is 28.8. The SMILES string of the molecule is COC(OC(=O)CCC(C)C1CCC2C3CC(O)C4CC(O)CCC4(C)C3CC(O)C12C)OC(=O)CCC(C)C1CCC2C3CC(O)C4CC(O)CCC4(C)C3CC(O)C12C. The molecule has 0 spiro atoms. The third-order valence-corrected chi connectivity index (χ3v) is 21.3. The van der Waals surface area contributed by atoms with Crippen LogP contribution in [0, 0.1) is 92.7 Å². The Morgan fingerprint density at radius 3 is 1.31 bits per heavy atom. The van der Waals surface area contributed by atoms with Crippen LogP contribution < -0.4 is 0 Å². The van der Waals surface area contributed by atoms with Crippen LogP contribution in [0.2, 0.25) is 0 Å². The molecule has 0 saturated heterocycles. The van der Waals surface area contributed by atoms with Gasteiger partial charge in [-0.25, -0.2) is 0 Å². The number of ether oxygens (including phenoxy) is 3. The molecule has 22 unspecified atom stereocenters. The van der Waals surface area contributed by atoms with Crippen molar-refractivity contribution >= 4 is 11.9 Å². The van der Waals surface area contributed by atoms with E-state index in [4.69, 9.17) is 14.2 Å². The minimum Gasteiger partial charge on any atom is -0.400 e. The molecule has 22 atom stereocenters. The zero-order valence-corrected chi connectivity index (χ0v) is 38.4. The number of aliphatic hydroxyl groups excluding tert-OH is 6. The number of esters is 2. The fourth-order valence-electron chi connectivity index (χ4n) is 18.0. The summed E-state index contributed by atoms with van der Waals surface area (Å²) < 4.78 is 16.4. The van der Waals surface area contributed by atoms with Gasteiger partial charge in [0.15, 0.2) is 0 Å². The van der Waals surface area contributed by atoms with Crippen molar-refractivity contribution in [1.82, 2.24) is 0 Å². The number of fused-ring (bicyclic) bond motifs is 10. The summed E-state index contributed by atoms with van der Waals surface area (Å²) in [7, 11) is 1.35. The fraction of sp³-hybridized carbons (Fsp3) is 0.960. The normalized spacial score (nSPS) is 51.6. The van der Waals surface area contributed by atoms with Gasteiger partial charge in [-0.1, -0.05) is 41.5 Å². The van der Waals surface area contributed by atoms with Gasteiger partial charge < -0.3 is 44.8 Å². The van der Waals surface area contributed by atoms with Crippen LogP contribution >= 0.6 is 0 Å². The Labute approximate surface area is 365 Å². The summed E-state index contributed by atoms with van der Waals surface area (Å²) in [6, 6.07) is 0. The molecule has 348 valence electrons. The molecule has 0 aromatic rings. The lowest BCUT2D eigenvalue weighted by Gasteiger charge is -2.63. The third-order valence-electron chi connectivity index (χ3n) is 21.3. The van der Waals surface area contributed by atoms with E-state index < -0.39 is 42.8 Å². The summed E-state index contributed by atoms with van der Waals surface area (Å²) in [5, 5.41) is 67.6. The molecule has 0 heterocycles. The summed E-state index contributed by atoms with van der Waals surface area (Å²) in [5.74, 6) is 1.83. The quantitative estimate of drug-likeness (QED) is 0.0954. The third kappa shape index (κ3) is 7.67. The minimum atomic E-state index is -1.44. The summed E-state index contributed by atoms with van der Waals surface area (Å²) in [4.78, 5) is 26.4. The Morgan fingerprint density at radius 1 is 0.541 bits per heavy atom. The first kappa shape index (κ1) is 46.2. The molecule has 8 aliphatic rings. The van der Waals surface area contributed by atoms with E-state index in [0.717, 1.165) is 77.0 Å². The number of carbonyl (C=O) groups is 2. The summed E-state index contributed by atoms with van der Waals surface area (Å²) in [6.07, 6.45) is 10.4. The maximum atomic E-state index is 13.2. The minimum absolute atomic E-state index is 0.0730. The molecular formula is C50H82O11. The van der Waals surface area contributed by atoms with Crippen LogP contribution in [0.4, 0.5) is 0 Å². The molecular weight excluding hydrogens is 777 g/mol. The second-order valence-corrected chi connectivity index (χ2v) is 23.6. The Kier molecular flexibility index (Phi) is 13.0. The van der Waals surface area contributed by atoms with Crippen LogP contribution in [0.15, 0.2) is 0 Å². The van der Waals surface area contributed by atoms with Crippen molar-refractivity contribution in [3.8, 4) is 0 Å². The van der Waals surface area contributed by atoms with Gasteiger partial charge in [0.2, 0.25) is 0 Å². The lowest BCUT2D eigenvalue weighted by Crippen LogP contribution is -2.61. The Hall–Kier alpha value is -1.34. The monoisotopic (exact) mass is 859 g/mol. The molecule has 0 radical (unpaired) electrons. The predicted molar refractivity (Wildman–Crippen MR) is 228 cm³/mol. The zero-order valence-electron chi connectivity index (χ0n) is 38.4. The number of aliphatic hydroxyl groups is 6. The Bertz CT molecular complexity index is 1480. The fourth-order valence-corrected chi connectivity index (χ4v) is 18.0. The molecule has 0 aliphatic heterocycles. The van der Waals surface area contributed by atoms with Crippen LogP contribution in [-0.2, 0) is 23.8 Å². The second kappa shape index (κ2) is 17.1. The highest BCUT2D eigenvalue weighted by atomic mass is 16.9. The van der Waals surface area contributed by atoms with Gasteiger partial charge in [-0.2, -0.15) is 0 Å². The Balaban J connectivity index is 0.810. The average molecular weight is 859 g/mol. The van der Waals surface area contributed by atoms with Gasteiger partial charge in [0, 0.05) is 20.0 Å². The number of rotatable bonds is 11. The van der Waals surface area contributed by atoms with Crippen molar-refractivity contribution in [3.63, 3.8) is 0 Å². The van der Waals surface area contributed by atoms with Crippen LogP contribution in [0.1, 0.15) is 157 Å². The molecule has 11 nitrogen and oxygen atoms in total. The maximum Gasteiger partial charge on any atom is 0.364 e. The van der Waals surface area contributed by atoms with Crippen molar-refractivity contribution in [3.05, 3.63) is 0 Å². The average Bonchev–Trinajstić information content (AvgIpc) is 3.77. The zero-order chi connectivity index (χ0) is 44.0. The van der Waals surface area contributed by atoms with E-state index in [9.17, 15) is 40.2 Å². The Morgan fingerprint density at radius 2 is 0.934 bits per heavy atom. The van der Waals surface area contributed by atoms with E-state index in [1.165, 1.54) is 7.11 Å². The lowest BCUT2D eigenvalue weighted by atomic mass is 9.43. The smallest absolute Gasteiger partial charge is 0.364 e. The maximum absolute atomic E-state index is 13.2. The summed E-state index contributed by atoms with van der Waals surface area (Å²) in [6.45, 7) is 12.0. The molecule has 8 aliphatic carbocycles. The molecule has 0 bridgehead atoms. The van der Waals surface area contributed by atoms with Gasteiger partial charge in [-0.15, -0.1) is 0 Å². The summed E-state index contributed by atoms with van der Waals surface area (Å²) in [5.41, 5.74) is -0.774. The standard InChI is InChI=1S/C50H82O11/c1-26(32-10-12-34-30-22-40(53)38-20-28(51)16-18-47(38,3)36(30)24-42(55)49(32,34)5)8-14-44(57)60-46(59-7)61-45(58)15-9-27(2)33-11-13-35-31-23-41(54)39-21-29(52)17-19-48(39,4)37(31)25-43(56)50(33,35)6/h26-43,46,51-56H,8-25H2,1-7H3. The highest BCUT2D eigenvalue weighted by Gasteiger charge is 2.67. The molecule has 61 heavy (non-hydrogen) atoms. The van der Waals surface area contributed by atoms with Crippen molar-refractivity contribution < 1.29 is 54.4 Å². The van der Waals surface area contributed by atoms with E-state index in [1.54, 1.807) is 0 Å². The van der Waals surface area contributed by atoms with Crippen molar-refractivity contribution in [1.29, 1.82) is 0 Å². The number of carbonyl (C=O) groups excluding carboxylic acids is 2. The molecule has 8 rings (SSSR count). The first-order valence-corrected chi connectivity index (χ1v) is 24.8. The number of methoxy groups -OCH3 is 1. The number of hydrogen-bond acceptors (Lipinski definition) is 11. The first-order valence-electron chi connectivity index (χ1n) is 24.8. The molecule has 0 aromatic heterocycles. The topological polar surface area (TPSA) is 183 Å². The van der Waals surface area contributed by atoms with E-state index in [1.807, 2.05) is 0 Å². The van der Waals surface area contributed by atoms with Gasteiger partial charge >= 0.3 is 18.4 Å². The highest BCUT2D eigenvalue weighted by Crippen LogP contribution is 2.70. The van der Waals surface area contributed by atoms with Crippen LogP contribution in [0.25, 0.3) is 0 Å². The lowest BCUT2D eigenvalue weighted by molar-refractivity contribution is -0.257. The van der Waals surface area contributed by atoms with Crippen molar-refractivity contribution in [2.45, 2.75) is 200 Å². The molecule has 8 fully saturated rings. The van der Waals surface area contributed by atoms with E-state index >= 15 is 0 Å². The van der Waals surface area contributed by atoms with Crippen LogP contribution in [0.3, 0.4) is 0 Å². The van der Waals surface area contributed by atoms with E-state index in [2.05, 4.69) is 41.5 Å². The number of hydrogen-bond donors (Lipinski definition) is 6. The van der Waals surface area contributed by atoms with Gasteiger partial charge in [-0.3, -0.25) is 9.59 Å². The molecule has 8 saturated carbocycles. The van der Waals surface area contributed by atoms with E-state index in [-0.39, 0.29) is 82.2 Å². The highest BCUT2D eigenvalue weighted by molar-refractivity contribution is 5.71. The van der Waals surface area contributed by atoms with E-state index in [0.29, 0.717) is 61.2 Å². The summed E-state index contributed by atoms with van der Waals surface area (Å²) >= 11 is 0. The molecule has 11 heteroatoms. The van der Waals surface area contributed by atoms with Gasteiger partial charge in [0.25, 0.3) is 0 Å². The van der Waals surface area contributed by atoms with Crippen molar-refractivity contribution in [2.75, 3.05) is 7.11 Å². The van der Waals surface area contributed by atoms with Gasteiger partial charge in [0.05, 0.1) is 36.6 Å². The second-order valence-electron chi connectivity index (χ2n) is 23.6. The van der Waals surface area contributed by atoms with Crippen LogP contribution in [0.5, 0.6) is 0 Å². The predicted octanol–water partition coefficient (Wildman–Crippen LogP) is 6.76. The van der Waals surface area contributed by atoms with Gasteiger partial charge in [-0.05, 0) is 195 Å². The largest absolute Gasteiger partial charge is 0.400 e. The van der Waals surface area contributed by atoms with Gasteiger partial charge in [0.1, 0.15) is 0 Å².